The number of hydrogen-bond donors (Lipinski definition) is 1. The van der Waals surface area contributed by atoms with E-state index in [1.807, 2.05) is 18.2 Å². The molecule has 0 saturated heterocycles. The molecule has 6 heteroatoms. The summed E-state index contributed by atoms with van der Waals surface area (Å²) in [5.41, 5.74) is 1.55. The number of furan rings is 1. The molecule has 25 heavy (non-hydrogen) atoms. The van der Waals surface area contributed by atoms with Crippen LogP contribution in [0, 0.1) is 5.92 Å². The van der Waals surface area contributed by atoms with Gasteiger partial charge in [-0.15, -0.1) is 0 Å². The van der Waals surface area contributed by atoms with Gasteiger partial charge in [-0.25, -0.2) is 4.79 Å². The predicted molar refractivity (Wildman–Crippen MR) is 91.9 cm³/mol. The lowest BCUT2D eigenvalue weighted by atomic mass is 9.95. The van der Waals surface area contributed by atoms with Gasteiger partial charge in [0.05, 0.1) is 19.9 Å². The first-order chi connectivity index (χ1) is 12.1. The van der Waals surface area contributed by atoms with Gasteiger partial charge in [-0.1, -0.05) is 19.9 Å². The second kappa shape index (κ2) is 7.61. The lowest BCUT2D eigenvalue weighted by molar-refractivity contribution is 0.0598. The SMILES string of the molecule is COC(=O)c1ccoc1CN[C@H](c1ccc2c(c1)OCCO2)C(C)C. The maximum Gasteiger partial charge on any atom is 0.341 e. The van der Waals surface area contributed by atoms with Crippen LogP contribution in [0.25, 0.3) is 0 Å². The molecule has 0 radical (unpaired) electrons. The van der Waals surface area contributed by atoms with Gasteiger partial charge in [-0.2, -0.15) is 0 Å². The standard InChI is InChI=1S/C19H23NO5/c1-12(2)18(13-4-5-15-16(10-13)25-9-8-24-15)20-11-17-14(6-7-23-17)19(21)22-3/h4-7,10,12,18,20H,8-9,11H2,1-3H3/t18-/m0/s1. The second-order valence-electron chi connectivity index (χ2n) is 6.25. The lowest BCUT2D eigenvalue weighted by Gasteiger charge is -2.25. The van der Waals surface area contributed by atoms with E-state index in [0.29, 0.717) is 37.0 Å². The number of rotatable bonds is 6. The smallest absolute Gasteiger partial charge is 0.341 e. The van der Waals surface area contributed by atoms with Gasteiger partial charge in [0.25, 0.3) is 0 Å². The maximum absolute atomic E-state index is 11.8. The fourth-order valence-electron chi connectivity index (χ4n) is 2.96. The Morgan fingerprint density at radius 1 is 1.20 bits per heavy atom. The Kier molecular flexibility index (Phi) is 5.28. The molecule has 1 aliphatic heterocycles. The number of carbonyl (C=O) groups is 1. The van der Waals surface area contributed by atoms with E-state index < -0.39 is 5.97 Å². The van der Waals surface area contributed by atoms with Crippen molar-refractivity contribution in [2.45, 2.75) is 26.4 Å². The molecule has 0 fully saturated rings. The summed E-state index contributed by atoms with van der Waals surface area (Å²) < 4.78 is 21.5. The number of nitrogens with one attached hydrogen (secondary N) is 1. The summed E-state index contributed by atoms with van der Waals surface area (Å²) in [5, 5.41) is 3.47. The predicted octanol–water partition coefficient (Wildman–Crippen LogP) is 3.32. The van der Waals surface area contributed by atoms with Crippen molar-refractivity contribution in [3.8, 4) is 11.5 Å². The van der Waals surface area contributed by atoms with Gasteiger partial charge in [0, 0.05) is 6.04 Å². The molecule has 1 aromatic carbocycles. The van der Waals surface area contributed by atoms with Gasteiger partial charge >= 0.3 is 5.97 Å². The molecule has 1 N–H and O–H groups in total. The van der Waals surface area contributed by atoms with E-state index in [2.05, 4.69) is 19.2 Å². The quantitative estimate of drug-likeness (QED) is 0.810. The molecule has 0 unspecified atom stereocenters. The van der Waals surface area contributed by atoms with Gasteiger partial charge in [0.1, 0.15) is 24.5 Å². The number of esters is 1. The maximum atomic E-state index is 11.8. The zero-order chi connectivity index (χ0) is 17.8. The van der Waals surface area contributed by atoms with Crippen LogP contribution < -0.4 is 14.8 Å². The van der Waals surface area contributed by atoms with E-state index in [-0.39, 0.29) is 6.04 Å². The molecule has 3 rings (SSSR count). The summed E-state index contributed by atoms with van der Waals surface area (Å²) in [5.74, 6) is 2.04. The van der Waals surface area contributed by atoms with Crippen molar-refractivity contribution in [2.75, 3.05) is 20.3 Å². The van der Waals surface area contributed by atoms with E-state index >= 15 is 0 Å². The van der Waals surface area contributed by atoms with E-state index in [0.717, 1.165) is 17.1 Å². The molecule has 134 valence electrons. The number of carbonyl (C=O) groups excluding carboxylic acids is 1. The van der Waals surface area contributed by atoms with Crippen molar-refractivity contribution < 1.29 is 23.4 Å². The minimum atomic E-state index is -0.397. The van der Waals surface area contributed by atoms with Gasteiger partial charge in [0.2, 0.25) is 0 Å². The summed E-state index contributed by atoms with van der Waals surface area (Å²) in [6.45, 7) is 5.84. The van der Waals surface area contributed by atoms with Crippen LogP contribution in [0.1, 0.15) is 41.6 Å². The minimum Gasteiger partial charge on any atom is -0.486 e. The molecule has 0 aliphatic carbocycles. The summed E-state index contributed by atoms with van der Waals surface area (Å²) >= 11 is 0. The number of benzene rings is 1. The molecular weight excluding hydrogens is 322 g/mol. The Labute approximate surface area is 147 Å². The lowest BCUT2D eigenvalue weighted by Crippen LogP contribution is -2.26. The van der Waals surface area contributed by atoms with Crippen molar-refractivity contribution in [2.24, 2.45) is 5.92 Å². The fourth-order valence-corrected chi connectivity index (χ4v) is 2.96. The first-order valence-corrected chi connectivity index (χ1v) is 8.37. The first kappa shape index (κ1) is 17.4. The van der Waals surface area contributed by atoms with Gasteiger partial charge in [-0.05, 0) is 29.7 Å². The molecule has 6 nitrogen and oxygen atoms in total. The Hall–Kier alpha value is -2.47. The second-order valence-corrected chi connectivity index (χ2v) is 6.25. The first-order valence-electron chi connectivity index (χ1n) is 8.37. The van der Waals surface area contributed by atoms with Crippen LogP contribution in [-0.2, 0) is 11.3 Å². The zero-order valence-corrected chi connectivity index (χ0v) is 14.7. The van der Waals surface area contributed by atoms with E-state index in [1.165, 1.54) is 13.4 Å². The zero-order valence-electron chi connectivity index (χ0n) is 14.7. The van der Waals surface area contributed by atoms with Crippen LogP contribution in [0.15, 0.2) is 34.9 Å². The van der Waals surface area contributed by atoms with Crippen LogP contribution in [0.2, 0.25) is 0 Å². The molecule has 1 atom stereocenters. The molecule has 1 aromatic heterocycles. The Balaban J connectivity index is 1.76. The van der Waals surface area contributed by atoms with Crippen LogP contribution in [-0.4, -0.2) is 26.3 Å². The summed E-state index contributed by atoms with van der Waals surface area (Å²) in [7, 11) is 1.36. The summed E-state index contributed by atoms with van der Waals surface area (Å²) in [6.07, 6.45) is 1.50. The van der Waals surface area contributed by atoms with E-state index in [1.54, 1.807) is 6.07 Å². The third kappa shape index (κ3) is 3.79. The van der Waals surface area contributed by atoms with Crippen molar-refractivity contribution >= 4 is 5.97 Å². The number of fused-ring (bicyclic) bond motifs is 1. The van der Waals surface area contributed by atoms with Gasteiger partial charge < -0.3 is 23.9 Å². The van der Waals surface area contributed by atoms with Crippen molar-refractivity contribution in [3.63, 3.8) is 0 Å². The van der Waals surface area contributed by atoms with Gasteiger partial charge in [-0.3, -0.25) is 0 Å². The number of ether oxygens (including phenoxy) is 3. The van der Waals surface area contributed by atoms with E-state index in [9.17, 15) is 4.79 Å². The van der Waals surface area contributed by atoms with Crippen molar-refractivity contribution in [3.05, 3.63) is 47.4 Å². The number of methoxy groups -OCH3 is 1. The topological polar surface area (TPSA) is 69.9 Å². The van der Waals surface area contributed by atoms with Crippen LogP contribution in [0.3, 0.4) is 0 Å². The van der Waals surface area contributed by atoms with Crippen molar-refractivity contribution in [1.29, 1.82) is 0 Å². The fraction of sp³-hybridized carbons (Fsp3) is 0.421. The third-order valence-corrected chi connectivity index (χ3v) is 4.23. The summed E-state index contributed by atoms with van der Waals surface area (Å²) in [6, 6.07) is 7.68. The van der Waals surface area contributed by atoms with Crippen LogP contribution >= 0.6 is 0 Å². The average molecular weight is 345 g/mol. The third-order valence-electron chi connectivity index (χ3n) is 4.23. The molecule has 2 aromatic rings. The van der Waals surface area contributed by atoms with Gasteiger partial charge in [0.15, 0.2) is 11.5 Å². The highest BCUT2D eigenvalue weighted by Crippen LogP contribution is 2.34. The summed E-state index contributed by atoms with van der Waals surface area (Å²) in [4.78, 5) is 11.8. The normalized spacial score (nSPS) is 14.4. The van der Waals surface area contributed by atoms with Crippen LogP contribution in [0.4, 0.5) is 0 Å². The minimum absolute atomic E-state index is 0.0754. The largest absolute Gasteiger partial charge is 0.486 e. The highest BCUT2D eigenvalue weighted by Gasteiger charge is 2.21. The Bertz CT molecular complexity index is 737. The molecule has 0 bridgehead atoms. The number of hydrogen-bond acceptors (Lipinski definition) is 6. The molecule has 2 heterocycles. The molecule has 0 saturated carbocycles. The average Bonchev–Trinajstić information content (AvgIpc) is 3.09. The molecule has 0 amide bonds. The molecular formula is C19H23NO5. The van der Waals surface area contributed by atoms with Crippen molar-refractivity contribution in [1.82, 2.24) is 5.32 Å². The molecule has 0 spiro atoms. The Morgan fingerprint density at radius 2 is 1.96 bits per heavy atom. The highest BCUT2D eigenvalue weighted by atomic mass is 16.6. The van der Waals surface area contributed by atoms with E-state index in [4.69, 9.17) is 18.6 Å². The highest BCUT2D eigenvalue weighted by molar-refractivity contribution is 5.90. The van der Waals surface area contributed by atoms with Crippen LogP contribution in [0.5, 0.6) is 11.5 Å². The molecule has 1 aliphatic rings. The Morgan fingerprint density at radius 3 is 2.68 bits per heavy atom. The monoisotopic (exact) mass is 345 g/mol.